The second-order valence-electron chi connectivity index (χ2n) is 4.27. The number of rotatable bonds is 3. The fourth-order valence-electron chi connectivity index (χ4n) is 2.11. The zero-order valence-electron chi connectivity index (χ0n) is 8.60. The van der Waals surface area contributed by atoms with Gasteiger partial charge in [0.05, 0.1) is 0 Å². The van der Waals surface area contributed by atoms with Crippen LogP contribution in [0.5, 0.6) is 0 Å². The molecule has 0 saturated heterocycles. The van der Waals surface area contributed by atoms with Crippen molar-refractivity contribution in [3.05, 3.63) is 0 Å². The molecular weight excluding hydrogens is 148 g/mol. The molecule has 1 heteroatoms. The smallest absolute Gasteiger partial charge is 0.0414 e. The molecule has 0 aliphatic heterocycles. The van der Waals surface area contributed by atoms with Crippen LogP contribution in [0, 0.1) is 11.8 Å². The summed E-state index contributed by atoms with van der Waals surface area (Å²) in [6.07, 6.45) is 10.4. The van der Waals surface area contributed by atoms with Crippen molar-refractivity contribution in [2.75, 3.05) is 0 Å². The molecule has 0 atom stereocenters. The van der Waals surface area contributed by atoms with E-state index in [1.165, 1.54) is 44.9 Å². The molecule has 0 bridgehead atoms. The Balaban J connectivity index is 0.00000121. The van der Waals surface area contributed by atoms with Gasteiger partial charge in [-0.1, -0.05) is 58.8 Å². The van der Waals surface area contributed by atoms with Crippen LogP contribution >= 0.6 is 0 Å². The topological polar surface area (TPSA) is 31.5 Å². The van der Waals surface area contributed by atoms with Crippen molar-refractivity contribution in [1.82, 2.24) is 0 Å². The molecule has 1 saturated carbocycles. The fourth-order valence-corrected chi connectivity index (χ4v) is 2.11. The summed E-state index contributed by atoms with van der Waals surface area (Å²) >= 11 is 0. The number of unbranched alkanes of at least 4 members (excludes halogenated alkanes) is 1. The SMILES string of the molecule is CCCCC1CCC(C)CC1.O. The van der Waals surface area contributed by atoms with Gasteiger partial charge in [-0.05, 0) is 11.8 Å². The lowest BCUT2D eigenvalue weighted by molar-refractivity contribution is 0.273. The highest BCUT2D eigenvalue weighted by atomic mass is 16.0. The van der Waals surface area contributed by atoms with Crippen molar-refractivity contribution >= 4 is 0 Å². The first-order valence-corrected chi connectivity index (χ1v) is 5.33. The molecule has 0 aromatic heterocycles. The Hall–Kier alpha value is -0.0400. The molecule has 1 nitrogen and oxygen atoms in total. The van der Waals surface area contributed by atoms with Crippen LogP contribution in [0.4, 0.5) is 0 Å². The predicted octanol–water partition coefficient (Wildman–Crippen LogP) is 3.18. The molecule has 74 valence electrons. The van der Waals surface area contributed by atoms with Crippen LogP contribution in [-0.4, -0.2) is 5.48 Å². The second kappa shape index (κ2) is 6.47. The van der Waals surface area contributed by atoms with E-state index in [4.69, 9.17) is 0 Å². The molecular formula is C11H24O. The molecule has 0 heterocycles. The van der Waals surface area contributed by atoms with E-state index < -0.39 is 0 Å². The Morgan fingerprint density at radius 1 is 1.08 bits per heavy atom. The van der Waals surface area contributed by atoms with Crippen LogP contribution in [0.15, 0.2) is 0 Å². The minimum Gasteiger partial charge on any atom is -0.412 e. The maximum absolute atomic E-state index is 2.40. The molecule has 1 rings (SSSR count). The summed E-state index contributed by atoms with van der Waals surface area (Å²) in [5, 5.41) is 0. The molecule has 12 heavy (non-hydrogen) atoms. The van der Waals surface area contributed by atoms with E-state index in [9.17, 15) is 0 Å². The second-order valence-corrected chi connectivity index (χ2v) is 4.27. The Kier molecular flexibility index (Phi) is 6.45. The van der Waals surface area contributed by atoms with E-state index in [1.807, 2.05) is 0 Å². The molecule has 0 radical (unpaired) electrons. The van der Waals surface area contributed by atoms with Gasteiger partial charge in [-0.25, -0.2) is 0 Å². The highest BCUT2D eigenvalue weighted by Crippen LogP contribution is 2.31. The quantitative estimate of drug-likeness (QED) is 0.626. The zero-order valence-corrected chi connectivity index (χ0v) is 8.60. The summed E-state index contributed by atoms with van der Waals surface area (Å²) in [5.74, 6) is 2.11. The lowest BCUT2D eigenvalue weighted by Crippen LogP contribution is -2.11. The van der Waals surface area contributed by atoms with Crippen LogP contribution in [0.3, 0.4) is 0 Å². The largest absolute Gasteiger partial charge is 0.412 e. The molecule has 2 N–H and O–H groups in total. The average Bonchev–Trinajstić information content (AvgIpc) is 2.04. The first-order chi connectivity index (χ1) is 5.33. The van der Waals surface area contributed by atoms with E-state index in [0.717, 1.165) is 11.8 Å². The van der Waals surface area contributed by atoms with Gasteiger partial charge < -0.3 is 5.48 Å². The standard InChI is InChI=1S/C11H22.H2O/c1-3-4-5-11-8-6-10(2)7-9-11;/h10-11H,3-9H2,1-2H3;1H2. The molecule has 0 aromatic rings. The van der Waals surface area contributed by atoms with Crippen molar-refractivity contribution < 1.29 is 5.48 Å². The minimum atomic E-state index is 0. The maximum Gasteiger partial charge on any atom is -0.0414 e. The van der Waals surface area contributed by atoms with Crippen molar-refractivity contribution in [1.29, 1.82) is 0 Å². The monoisotopic (exact) mass is 172 g/mol. The van der Waals surface area contributed by atoms with Gasteiger partial charge in [0, 0.05) is 0 Å². The Morgan fingerprint density at radius 2 is 1.67 bits per heavy atom. The summed E-state index contributed by atoms with van der Waals surface area (Å²) in [4.78, 5) is 0. The van der Waals surface area contributed by atoms with E-state index >= 15 is 0 Å². The molecule has 0 spiro atoms. The van der Waals surface area contributed by atoms with Crippen LogP contribution in [0.2, 0.25) is 0 Å². The Morgan fingerprint density at radius 3 is 2.17 bits per heavy atom. The van der Waals surface area contributed by atoms with Gasteiger partial charge in [0.25, 0.3) is 0 Å². The van der Waals surface area contributed by atoms with Gasteiger partial charge in [-0.2, -0.15) is 0 Å². The summed E-state index contributed by atoms with van der Waals surface area (Å²) in [5.41, 5.74) is 0. The summed E-state index contributed by atoms with van der Waals surface area (Å²) < 4.78 is 0. The molecule has 1 fully saturated rings. The van der Waals surface area contributed by atoms with Gasteiger partial charge >= 0.3 is 0 Å². The van der Waals surface area contributed by atoms with Gasteiger partial charge in [0.1, 0.15) is 0 Å². The van der Waals surface area contributed by atoms with Gasteiger partial charge in [0.15, 0.2) is 0 Å². The predicted molar refractivity (Wildman–Crippen MR) is 54.3 cm³/mol. The number of hydrogen-bond acceptors (Lipinski definition) is 0. The first kappa shape index (κ1) is 12.0. The molecule has 1 aliphatic carbocycles. The molecule has 1 aliphatic rings. The van der Waals surface area contributed by atoms with Crippen molar-refractivity contribution in [2.24, 2.45) is 11.8 Å². The third kappa shape index (κ3) is 4.10. The van der Waals surface area contributed by atoms with Crippen LogP contribution in [0.1, 0.15) is 58.8 Å². The third-order valence-corrected chi connectivity index (χ3v) is 3.10. The van der Waals surface area contributed by atoms with Crippen molar-refractivity contribution in [3.8, 4) is 0 Å². The van der Waals surface area contributed by atoms with E-state index in [1.54, 1.807) is 0 Å². The lowest BCUT2D eigenvalue weighted by Gasteiger charge is -2.25. The van der Waals surface area contributed by atoms with Crippen LogP contribution in [-0.2, 0) is 0 Å². The highest BCUT2D eigenvalue weighted by Gasteiger charge is 2.16. The summed E-state index contributed by atoms with van der Waals surface area (Å²) in [6.45, 7) is 4.70. The summed E-state index contributed by atoms with van der Waals surface area (Å²) in [6, 6.07) is 0. The Labute approximate surface area is 76.9 Å². The van der Waals surface area contributed by atoms with E-state index in [-0.39, 0.29) is 5.48 Å². The average molecular weight is 172 g/mol. The van der Waals surface area contributed by atoms with Crippen LogP contribution in [0.25, 0.3) is 0 Å². The summed E-state index contributed by atoms with van der Waals surface area (Å²) in [7, 11) is 0. The molecule has 0 unspecified atom stereocenters. The molecule has 0 aromatic carbocycles. The first-order valence-electron chi connectivity index (χ1n) is 5.33. The third-order valence-electron chi connectivity index (χ3n) is 3.10. The van der Waals surface area contributed by atoms with E-state index in [0.29, 0.717) is 0 Å². The van der Waals surface area contributed by atoms with Crippen molar-refractivity contribution in [3.63, 3.8) is 0 Å². The van der Waals surface area contributed by atoms with E-state index in [2.05, 4.69) is 13.8 Å². The molecule has 0 amide bonds. The normalized spacial score (nSPS) is 29.5. The van der Waals surface area contributed by atoms with Gasteiger partial charge in [0.2, 0.25) is 0 Å². The number of hydrogen-bond donors (Lipinski definition) is 0. The fraction of sp³-hybridized carbons (Fsp3) is 1.00. The van der Waals surface area contributed by atoms with Gasteiger partial charge in [-0.3, -0.25) is 0 Å². The lowest BCUT2D eigenvalue weighted by atomic mass is 9.81. The maximum atomic E-state index is 2.40. The minimum absolute atomic E-state index is 0. The highest BCUT2D eigenvalue weighted by molar-refractivity contribution is 4.69. The Bertz CT molecular complexity index is 90.4. The van der Waals surface area contributed by atoms with Gasteiger partial charge in [-0.15, -0.1) is 0 Å². The van der Waals surface area contributed by atoms with Crippen LogP contribution < -0.4 is 0 Å². The van der Waals surface area contributed by atoms with Crippen molar-refractivity contribution in [2.45, 2.75) is 58.8 Å². The zero-order chi connectivity index (χ0) is 8.10.